The number of aromatic carboxylic acids is 1. The van der Waals surface area contributed by atoms with E-state index < -0.39 is 23.0 Å². The first-order valence-corrected chi connectivity index (χ1v) is 7.25. The van der Waals surface area contributed by atoms with Crippen molar-refractivity contribution in [3.05, 3.63) is 45.5 Å². The molecule has 122 valence electrons. The first kappa shape index (κ1) is 15.6. The lowest BCUT2D eigenvalue weighted by atomic mass is 10.0. The number of aryl methyl sites for hydroxylation is 1. The molecular weight excluding hydrogens is 305 g/mol. The van der Waals surface area contributed by atoms with E-state index in [4.69, 9.17) is 14.6 Å². The first-order valence-electron chi connectivity index (χ1n) is 7.25. The Morgan fingerprint density at radius 2 is 2.04 bits per heavy atom. The molecule has 0 amide bonds. The molecule has 0 radical (unpaired) electrons. The molecule has 1 aromatic heterocycles. The zero-order chi connectivity index (χ0) is 16.8. The first-order chi connectivity index (χ1) is 10.9. The molecule has 1 saturated heterocycles. The minimum Gasteiger partial charge on any atom is -0.477 e. The van der Waals surface area contributed by atoms with Crippen LogP contribution in [0.3, 0.4) is 0 Å². The van der Waals surface area contributed by atoms with Crippen molar-refractivity contribution >= 4 is 16.9 Å². The number of carboxylic acids is 1. The highest BCUT2D eigenvalue weighted by atomic mass is 19.1. The van der Waals surface area contributed by atoms with Gasteiger partial charge in [-0.25, -0.2) is 9.18 Å². The molecule has 0 saturated carbocycles. The molecule has 7 heteroatoms. The number of aromatic nitrogens is 1. The normalized spacial score (nSPS) is 16.8. The zero-order valence-electron chi connectivity index (χ0n) is 12.8. The molecule has 0 atom stereocenters. The van der Waals surface area contributed by atoms with E-state index in [0.717, 1.165) is 6.07 Å². The third-order valence-corrected chi connectivity index (χ3v) is 4.07. The van der Waals surface area contributed by atoms with Gasteiger partial charge in [-0.2, -0.15) is 0 Å². The Bertz CT molecular complexity index is 852. The summed E-state index contributed by atoms with van der Waals surface area (Å²) in [5, 5.41) is 9.16. The lowest BCUT2D eigenvalue weighted by molar-refractivity contribution is -0.151. The van der Waals surface area contributed by atoms with Gasteiger partial charge in [-0.3, -0.25) is 4.79 Å². The third-order valence-electron chi connectivity index (χ3n) is 4.07. The number of hydrogen-bond donors (Lipinski definition) is 1. The van der Waals surface area contributed by atoms with Gasteiger partial charge >= 0.3 is 5.97 Å². The van der Waals surface area contributed by atoms with Gasteiger partial charge in [-0.05, 0) is 26.0 Å². The van der Waals surface area contributed by atoms with E-state index in [1.54, 1.807) is 11.5 Å². The minimum atomic E-state index is -1.34. The number of nitrogens with zero attached hydrogens (tertiary/aromatic N) is 1. The van der Waals surface area contributed by atoms with Crippen LogP contribution in [0.15, 0.2) is 23.1 Å². The van der Waals surface area contributed by atoms with E-state index in [9.17, 15) is 14.0 Å². The van der Waals surface area contributed by atoms with Crippen LogP contribution >= 0.6 is 0 Å². The van der Waals surface area contributed by atoms with Crippen molar-refractivity contribution in [1.29, 1.82) is 0 Å². The van der Waals surface area contributed by atoms with Crippen LogP contribution in [0.2, 0.25) is 0 Å². The van der Waals surface area contributed by atoms with Crippen LogP contribution in [0, 0.1) is 5.82 Å². The number of halogens is 1. The molecule has 6 nitrogen and oxygen atoms in total. The van der Waals surface area contributed by atoms with E-state index in [1.165, 1.54) is 12.3 Å². The standard InChI is InChI=1S/C16H16FNO5/c1-3-18-8-10(15(20)21)14(19)9-6-12(17)11(7-13(9)18)16(2)22-4-5-23-16/h6-8H,3-5H2,1-2H3,(H,20,21). The summed E-state index contributed by atoms with van der Waals surface area (Å²) in [4.78, 5) is 23.5. The molecule has 0 spiro atoms. The van der Waals surface area contributed by atoms with E-state index in [2.05, 4.69) is 0 Å². The molecule has 1 aliphatic heterocycles. The molecule has 2 aromatic rings. The fraction of sp³-hybridized carbons (Fsp3) is 0.375. The van der Waals surface area contributed by atoms with Gasteiger partial charge in [0.25, 0.3) is 0 Å². The van der Waals surface area contributed by atoms with Crippen LogP contribution in [0.5, 0.6) is 0 Å². The molecule has 0 bridgehead atoms. The SMILES string of the molecule is CCn1cc(C(=O)O)c(=O)c2cc(F)c(C3(C)OCCO3)cc21. The lowest BCUT2D eigenvalue weighted by Gasteiger charge is -2.24. The summed E-state index contributed by atoms with van der Waals surface area (Å²) in [5.74, 6) is -3.21. The van der Waals surface area contributed by atoms with Crippen molar-refractivity contribution in [2.24, 2.45) is 0 Å². The fourth-order valence-corrected chi connectivity index (χ4v) is 2.84. The summed E-state index contributed by atoms with van der Waals surface area (Å²) in [7, 11) is 0. The topological polar surface area (TPSA) is 77.8 Å². The molecule has 23 heavy (non-hydrogen) atoms. The summed E-state index contributed by atoms with van der Waals surface area (Å²) >= 11 is 0. The van der Waals surface area contributed by atoms with Gasteiger partial charge in [0.2, 0.25) is 5.43 Å². The predicted molar refractivity (Wildman–Crippen MR) is 80.1 cm³/mol. The lowest BCUT2D eigenvalue weighted by Crippen LogP contribution is -2.25. The van der Waals surface area contributed by atoms with Crippen molar-refractivity contribution in [2.45, 2.75) is 26.2 Å². The van der Waals surface area contributed by atoms with Crippen molar-refractivity contribution < 1.29 is 23.8 Å². The average molecular weight is 321 g/mol. The summed E-state index contributed by atoms with van der Waals surface area (Å²) in [5.41, 5.74) is -0.460. The Labute approximate surface area is 131 Å². The molecule has 0 aliphatic carbocycles. The Morgan fingerprint density at radius 3 is 2.61 bits per heavy atom. The Kier molecular flexibility index (Phi) is 3.69. The average Bonchev–Trinajstić information content (AvgIpc) is 2.95. The maximum absolute atomic E-state index is 14.5. The summed E-state index contributed by atoms with van der Waals surface area (Å²) < 4.78 is 27.1. The number of pyridine rings is 1. The second kappa shape index (κ2) is 5.43. The van der Waals surface area contributed by atoms with Crippen LogP contribution in [-0.4, -0.2) is 28.9 Å². The summed E-state index contributed by atoms with van der Waals surface area (Å²) in [6.07, 6.45) is 1.27. The molecule has 1 N–H and O–H groups in total. The number of ether oxygens (including phenoxy) is 2. The molecule has 2 heterocycles. The van der Waals surface area contributed by atoms with Gasteiger partial charge in [-0.15, -0.1) is 0 Å². The molecule has 1 aromatic carbocycles. The summed E-state index contributed by atoms with van der Waals surface area (Å²) in [6.45, 7) is 4.56. The largest absolute Gasteiger partial charge is 0.477 e. The number of rotatable bonds is 3. The summed E-state index contributed by atoms with van der Waals surface area (Å²) in [6, 6.07) is 2.55. The quantitative estimate of drug-likeness (QED) is 0.936. The van der Waals surface area contributed by atoms with Crippen LogP contribution in [0.4, 0.5) is 4.39 Å². The second-order valence-corrected chi connectivity index (χ2v) is 5.45. The van der Waals surface area contributed by atoms with Crippen LogP contribution in [0.25, 0.3) is 10.9 Å². The third kappa shape index (κ3) is 2.42. The van der Waals surface area contributed by atoms with E-state index in [1.807, 2.05) is 6.92 Å². The number of fused-ring (bicyclic) bond motifs is 1. The van der Waals surface area contributed by atoms with Gasteiger partial charge in [-0.1, -0.05) is 0 Å². The van der Waals surface area contributed by atoms with Crippen molar-refractivity contribution in [3.63, 3.8) is 0 Å². The monoisotopic (exact) mass is 321 g/mol. The highest BCUT2D eigenvalue weighted by molar-refractivity contribution is 5.92. The number of benzene rings is 1. The Morgan fingerprint density at radius 1 is 1.39 bits per heavy atom. The molecule has 1 fully saturated rings. The van der Waals surface area contributed by atoms with E-state index in [0.29, 0.717) is 25.3 Å². The smallest absolute Gasteiger partial charge is 0.341 e. The Hall–Kier alpha value is -2.25. The van der Waals surface area contributed by atoms with Gasteiger partial charge < -0.3 is 19.1 Å². The number of carbonyl (C=O) groups is 1. The van der Waals surface area contributed by atoms with Gasteiger partial charge in [0.05, 0.1) is 18.7 Å². The van der Waals surface area contributed by atoms with Gasteiger partial charge in [0.1, 0.15) is 11.4 Å². The fourth-order valence-electron chi connectivity index (χ4n) is 2.84. The maximum atomic E-state index is 14.5. The van der Waals surface area contributed by atoms with E-state index >= 15 is 0 Å². The predicted octanol–water partition coefficient (Wildman–Crippen LogP) is 2.08. The van der Waals surface area contributed by atoms with Crippen molar-refractivity contribution in [2.75, 3.05) is 13.2 Å². The van der Waals surface area contributed by atoms with Crippen molar-refractivity contribution in [3.8, 4) is 0 Å². The maximum Gasteiger partial charge on any atom is 0.341 e. The highest BCUT2D eigenvalue weighted by Crippen LogP contribution is 2.34. The second-order valence-electron chi connectivity index (χ2n) is 5.45. The molecule has 3 rings (SSSR count). The number of carboxylic acid groups (broad SMARTS) is 1. The highest BCUT2D eigenvalue weighted by Gasteiger charge is 2.36. The molecule has 0 unspecified atom stereocenters. The molecule has 1 aliphatic rings. The van der Waals surface area contributed by atoms with E-state index in [-0.39, 0.29) is 16.5 Å². The number of hydrogen-bond acceptors (Lipinski definition) is 4. The zero-order valence-corrected chi connectivity index (χ0v) is 12.8. The van der Waals surface area contributed by atoms with Crippen molar-refractivity contribution in [1.82, 2.24) is 4.57 Å². The van der Waals surface area contributed by atoms with Gasteiger partial charge in [0, 0.05) is 23.7 Å². The van der Waals surface area contributed by atoms with Crippen LogP contribution in [0.1, 0.15) is 29.8 Å². The van der Waals surface area contributed by atoms with Gasteiger partial charge in [0.15, 0.2) is 5.79 Å². The minimum absolute atomic E-state index is 0.0228. The van der Waals surface area contributed by atoms with Crippen LogP contribution < -0.4 is 5.43 Å². The Balaban J connectivity index is 2.34. The van der Waals surface area contributed by atoms with Crippen LogP contribution in [-0.2, 0) is 21.8 Å². The molecular formula is C16H16FNO5.